The normalized spacial score (nSPS) is 27.6. The van der Waals surface area contributed by atoms with Crippen molar-refractivity contribution in [2.75, 3.05) is 19.8 Å². The molecule has 3 fully saturated rings. The van der Waals surface area contributed by atoms with Crippen LogP contribution >= 0.6 is 0 Å². The highest BCUT2D eigenvalue weighted by Gasteiger charge is 2.60. The number of hydrogen-bond acceptors (Lipinski definition) is 3. The van der Waals surface area contributed by atoms with Gasteiger partial charge in [-0.05, 0) is 25.2 Å². The summed E-state index contributed by atoms with van der Waals surface area (Å²) in [6.07, 6.45) is 9.06. The number of ether oxygens (including phenoxy) is 1. The van der Waals surface area contributed by atoms with E-state index in [4.69, 9.17) is 4.74 Å². The van der Waals surface area contributed by atoms with Crippen molar-refractivity contribution in [1.29, 1.82) is 0 Å². The second-order valence-corrected chi connectivity index (χ2v) is 6.01. The second-order valence-electron chi connectivity index (χ2n) is 6.01. The standard InChI is InChI=1S/C15H23N3O2/c1-2-3-4-7-20-11-13(19)18-10-12-8-15(18,9-12)14-16-5-6-17-14/h5-6,12H,2-4,7-11H2,1H3,(H,16,17). The molecule has 1 N–H and O–H groups in total. The van der Waals surface area contributed by atoms with E-state index in [0.29, 0.717) is 12.5 Å². The predicted octanol–water partition coefficient (Wildman–Crippen LogP) is 2.06. The predicted molar refractivity (Wildman–Crippen MR) is 75.0 cm³/mol. The van der Waals surface area contributed by atoms with Gasteiger partial charge < -0.3 is 14.6 Å². The lowest BCUT2D eigenvalue weighted by Crippen LogP contribution is -2.47. The van der Waals surface area contributed by atoms with Gasteiger partial charge in [0.15, 0.2) is 0 Å². The summed E-state index contributed by atoms with van der Waals surface area (Å²) < 4.78 is 5.52. The van der Waals surface area contributed by atoms with Crippen molar-refractivity contribution in [3.63, 3.8) is 0 Å². The third kappa shape index (κ3) is 2.24. The van der Waals surface area contributed by atoms with Gasteiger partial charge in [-0.25, -0.2) is 4.98 Å². The fraction of sp³-hybridized carbons (Fsp3) is 0.733. The summed E-state index contributed by atoms with van der Waals surface area (Å²) in [5.74, 6) is 1.69. The Morgan fingerprint density at radius 2 is 2.40 bits per heavy atom. The molecule has 5 heteroatoms. The molecule has 20 heavy (non-hydrogen) atoms. The summed E-state index contributed by atoms with van der Waals surface area (Å²) in [5.41, 5.74) is -0.169. The average molecular weight is 277 g/mol. The van der Waals surface area contributed by atoms with Crippen molar-refractivity contribution < 1.29 is 9.53 Å². The number of nitrogens with one attached hydrogen (secondary N) is 1. The molecule has 2 bridgehead atoms. The lowest BCUT2D eigenvalue weighted by atomic mass is 9.72. The van der Waals surface area contributed by atoms with E-state index in [0.717, 1.165) is 38.1 Å². The molecule has 1 aliphatic carbocycles. The number of imidazole rings is 1. The number of fused-ring (bicyclic) bond motifs is 1. The Morgan fingerprint density at radius 1 is 1.55 bits per heavy atom. The fourth-order valence-electron chi connectivity index (χ4n) is 3.55. The number of rotatable bonds is 7. The highest BCUT2D eigenvalue weighted by atomic mass is 16.5. The first kappa shape index (κ1) is 13.6. The summed E-state index contributed by atoms with van der Waals surface area (Å²) >= 11 is 0. The van der Waals surface area contributed by atoms with E-state index in [2.05, 4.69) is 16.9 Å². The number of carbonyl (C=O) groups is 1. The van der Waals surface area contributed by atoms with Crippen LogP contribution in [0.5, 0.6) is 0 Å². The minimum Gasteiger partial charge on any atom is -0.372 e. The van der Waals surface area contributed by atoms with Gasteiger partial charge in [0.1, 0.15) is 18.0 Å². The number of H-pyrrole nitrogens is 1. The van der Waals surface area contributed by atoms with Gasteiger partial charge in [-0.15, -0.1) is 0 Å². The average Bonchev–Trinajstić information content (AvgIpc) is 3.10. The zero-order valence-corrected chi connectivity index (χ0v) is 12.1. The quantitative estimate of drug-likeness (QED) is 0.776. The van der Waals surface area contributed by atoms with Crippen molar-refractivity contribution >= 4 is 5.91 Å². The van der Waals surface area contributed by atoms with Crippen molar-refractivity contribution in [3.05, 3.63) is 18.2 Å². The third-order valence-corrected chi connectivity index (χ3v) is 4.57. The molecule has 1 saturated carbocycles. The summed E-state index contributed by atoms with van der Waals surface area (Å²) in [6.45, 7) is 3.91. The van der Waals surface area contributed by atoms with Crippen LogP contribution in [0.2, 0.25) is 0 Å². The van der Waals surface area contributed by atoms with Gasteiger partial charge in [0.25, 0.3) is 0 Å². The van der Waals surface area contributed by atoms with E-state index >= 15 is 0 Å². The Labute approximate surface area is 119 Å². The number of amides is 1. The molecule has 5 nitrogen and oxygen atoms in total. The maximum Gasteiger partial charge on any atom is 0.249 e. The van der Waals surface area contributed by atoms with E-state index in [1.54, 1.807) is 6.20 Å². The van der Waals surface area contributed by atoms with Crippen LogP contribution in [0.4, 0.5) is 0 Å². The first-order valence-electron chi connectivity index (χ1n) is 7.64. The van der Waals surface area contributed by atoms with Gasteiger partial charge in [-0.3, -0.25) is 4.79 Å². The zero-order chi connectivity index (χ0) is 14.0. The molecular formula is C15H23N3O2. The largest absolute Gasteiger partial charge is 0.372 e. The Bertz CT molecular complexity index is 452. The molecule has 1 amide bonds. The van der Waals surface area contributed by atoms with E-state index in [9.17, 15) is 4.79 Å². The van der Waals surface area contributed by atoms with Crippen molar-refractivity contribution in [3.8, 4) is 0 Å². The van der Waals surface area contributed by atoms with Crippen LogP contribution < -0.4 is 0 Å². The first-order chi connectivity index (χ1) is 9.76. The molecule has 3 aliphatic rings. The Kier molecular flexibility index (Phi) is 3.78. The van der Waals surface area contributed by atoms with E-state index in [1.807, 2.05) is 11.1 Å². The second kappa shape index (κ2) is 5.56. The van der Waals surface area contributed by atoms with Crippen molar-refractivity contribution in [2.24, 2.45) is 5.92 Å². The van der Waals surface area contributed by atoms with Crippen LogP contribution in [0.15, 0.2) is 12.4 Å². The molecule has 2 saturated heterocycles. The fourth-order valence-corrected chi connectivity index (χ4v) is 3.55. The highest BCUT2D eigenvalue weighted by Crippen LogP contribution is 2.55. The smallest absolute Gasteiger partial charge is 0.249 e. The Balaban J connectivity index is 1.56. The van der Waals surface area contributed by atoms with Crippen LogP contribution in [0.25, 0.3) is 0 Å². The van der Waals surface area contributed by atoms with Crippen LogP contribution in [-0.4, -0.2) is 40.5 Å². The summed E-state index contributed by atoms with van der Waals surface area (Å²) in [4.78, 5) is 21.9. The molecule has 0 spiro atoms. The number of nitrogens with zero attached hydrogens (tertiary/aromatic N) is 2. The molecule has 1 aromatic rings. The van der Waals surface area contributed by atoms with Gasteiger partial charge in [0, 0.05) is 25.5 Å². The Morgan fingerprint density at radius 3 is 3.10 bits per heavy atom. The highest BCUT2D eigenvalue weighted by molar-refractivity contribution is 5.79. The molecule has 0 unspecified atom stereocenters. The van der Waals surface area contributed by atoms with Gasteiger partial charge in [-0.1, -0.05) is 19.8 Å². The van der Waals surface area contributed by atoms with E-state index in [1.165, 1.54) is 6.42 Å². The molecule has 3 heterocycles. The number of carbonyl (C=O) groups excluding carboxylic acids is 1. The van der Waals surface area contributed by atoms with Crippen molar-refractivity contribution in [1.82, 2.24) is 14.9 Å². The van der Waals surface area contributed by atoms with Gasteiger partial charge in [-0.2, -0.15) is 0 Å². The lowest BCUT2D eigenvalue weighted by molar-refractivity contribution is -0.140. The summed E-state index contributed by atoms with van der Waals surface area (Å²) in [6, 6.07) is 0. The number of unbranched alkanes of at least 4 members (excludes halogenated alkanes) is 2. The molecule has 0 atom stereocenters. The number of aromatic nitrogens is 2. The molecule has 2 aliphatic heterocycles. The van der Waals surface area contributed by atoms with Gasteiger partial charge in [0.05, 0.1) is 0 Å². The number of aromatic amines is 1. The minimum atomic E-state index is -0.169. The monoisotopic (exact) mass is 277 g/mol. The van der Waals surface area contributed by atoms with Gasteiger partial charge in [0.2, 0.25) is 5.91 Å². The molecule has 110 valence electrons. The number of hydrogen-bond donors (Lipinski definition) is 1. The van der Waals surface area contributed by atoms with E-state index < -0.39 is 0 Å². The lowest BCUT2D eigenvalue weighted by Gasteiger charge is -2.40. The first-order valence-corrected chi connectivity index (χ1v) is 7.64. The summed E-state index contributed by atoms with van der Waals surface area (Å²) in [5, 5.41) is 0. The van der Waals surface area contributed by atoms with Crippen LogP contribution in [0.3, 0.4) is 0 Å². The molecular weight excluding hydrogens is 254 g/mol. The Hall–Kier alpha value is -1.36. The maximum atomic E-state index is 12.4. The third-order valence-electron chi connectivity index (χ3n) is 4.57. The topological polar surface area (TPSA) is 58.2 Å². The van der Waals surface area contributed by atoms with Crippen LogP contribution in [-0.2, 0) is 15.1 Å². The molecule has 1 aromatic heterocycles. The van der Waals surface area contributed by atoms with Crippen LogP contribution in [0.1, 0.15) is 44.9 Å². The van der Waals surface area contributed by atoms with Gasteiger partial charge >= 0.3 is 0 Å². The maximum absolute atomic E-state index is 12.4. The minimum absolute atomic E-state index is 0.109. The molecule has 4 rings (SSSR count). The zero-order valence-electron chi connectivity index (χ0n) is 12.1. The molecule has 0 radical (unpaired) electrons. The SMILES string of the molecule is CCCCCOCC(=O)N1CC2CC1(c1ncc[nH]1)C2. The van der Waals surface area contributed by atoms with E-state index in [-0.39, 0.29) is 18.1 Å². The molecule has 0 aromatic carbocycles. The summed E-state index contributed by atoms with van der Waals surface area (Å²) in [7, 11) is 0. The van der Waals surface area contributed by atoms with Crippen molar-refractivity contribution in [2.45, 2.75) is 44.6 Å². The van der Waals surface area contributed by atoms with Crippen LogP contribution in [0, 0.1) is 5.92 Å².